The molecule has 1 N–H and O–H groups in total. The Balaban J connectivity index is 2.17. The molecule has 1 amide bonds. The van der Waals surface area contributed by atoms with E-state index in [-0.39, 0.29) is 11.9 Å². The third-order valence-electron chi connectivity index (χ3n) is 3.62. The van der Waals surface area contributed by atoms with Crippen LogP contribution in [0.1, 0.15) is 47.8 Å². The number of hydrogen-bond acceptors (Lipinski definition) is 2. The standard InChI is InChI=1S/C19H23NOS/c1-4-17(15-12-10-14(3)11-13-15)20-19(21)16-8-6-7-9-18(16)22-5-2/h6-13,17H,4-5H2,1-3H3,(H,20,21)/t17-/m0/s1. The summed E-state index contributed by atoms with van der Waals surface area (Å²) in [6.07, 6.45) is 0.873. The van der Waals surface area contributed by atoms with E-state index in [1.807, 2.05) is 24.3 Å². The molecule has 0 unspecified atom stereocenters. The van der Waals surface area contributed by atoms with E-state index in [0.717, 1.165) is 28.2 Å². The summed E-state index contributed by atoms with van der Waals surface area (Å²) in [6, 6.07) is 16.2. The zero-order chi connectivity index (χ0) is 15.9. The summed E-state index contributed by atoms with van der Waals surface area (Å²) in [5, 5.41) is 3.17. The second-order valence-corrected chi connectivity index (χ2v) is 6.58. The molecule has 0 bridgehead atoms. The fourth-order valence-corrected chi connectivity index (χ4v) is 3.19. The van der Waals surface area contributed by atoms with Gasteiger partial charge in [0.25, 0.3) is 5.91 Å². The van der Waals surface area contributed by atoms with E-state index in [9.17, 15) is 4.79 Å². The quantitative estimate of drug-likeness (QED) is 0.761. The number of thioether (sulfide) groups is 1. The fraction of sp³-hybridized carbons (Fsp3) is 0.316. The molecule has 0 radical (unpaired) electrons. The van der Waals surface area contributed by atoms with Crippen LogP contribution in [0, 0.1) is 6.92 Å². The summed E-state index contributed by atoms with van der Waals surface area (Å²) in [5.41, 5.74) is 3.15. The van der Waals surface area contributed by atoms with Crippen LogP contribution in [0.15, 0.2) is 53.4 Å². The summed E-state index contributed by atoms with van der Waals surface area (Å²) < 4.78 is 0. The highest BCUT2D eigenvalue weighted by atomic mass is 32.2. The van der Waals surface area contributed by atoms with Gasteiger partial charge in [-0.05, 0) is 36.8 Å². The van der Waals surface area contributed by atoms with Crippen LogP contribution in [0.4, 0.5) is 0 Å². The highest BCUT2D eigenvalue weighted by molar-refractivity contribution is 7.99. The predicted molar refractivity (Wildman–Crippen MR) is 94.5 cm³/mol. The molecular weight excluding hydrogens is 290 g/mol. The van der Waals surface area contributed by atoms with Gasteiger partial charge in [0, 0.05) is 4.90 Å². The second kappa shape index (κ2) is 8.04. The third kappa shape index (κ3) is 4.14. The molecular formula is C19H23NOS. The molecule has 0 aliphatic carbocycles. The second-order valence-electron chi connectivity index (χ2n) is 5.27. The number of nitrogens with one attached hydrogen (secondary N) is 1. The lowest BCUT2D eigenvalue weighted by Crippen LogP contribution is -2.28. The molecule has 2 aromatic rings. The van der Waals surface area contributed by atoms with E-state index in [1.165, 1.54) is 5.56 Å². The van der Waals surface area contributed by atoms with Gasteiger partial charge in [-0.1, -0.05) is 55.8 Å². The van der Waals surface area contributed by atoms with Crippen LogP contribution in [0.5, 0.6) is 0 Å². The normalized spacial score (nSPS) is 12.0. The molecule has 2 aromatic carbocycles. The first-order valence-corrected chi connectivity index (χ1v) is 8.73. The van der Waals surface area contributed by atoms with E-state index >= 15 is 0 Å². The van der Waals surface area contributed by atoms with E-state index in [0.29, 0.717) is 0 Å². The topological polar surface area (TPSA) is 29.1 Å². The van der Waals surface area contributed by atoms with Crippen molar-refractivity contribution in [3.8, 4) is 0 Å². The first-order chi connectivity index (χ1) is 10.7. The largest absolute Gasteiger partial charge is 0.345 e. The van der Waals surface area contributed by atoms with Crippen molar-refractivity contribution < 1.29 is 4.79 Å². The Morgan fingerprint density at radius 1 is 1.09 bits per heavy atom. The van der Waals surface area contributed by atoms with Gasteiger partial charge < -0.3 is 5.32 Å². The van der Waals surface area contributed by atoms with Crippen LogP contribution in [-0.4, -0.2) is 11.7 Å². The van der Waals surface area contributed by atoms with Gasteiger partial charge >= 0.3 is 0 Å². The smallest absolute Gasteiger partial charge is 0.252 e. The van der Waals surface area contributed by atoms with Gasteiger partial charge in [0.05, 0.1) is 11.6 Å². The molecule has 22 heavy (non-hydrogen) atoms. The fourth-order valence-electron chi connectivity index (χ4n) is 2.39. The van der Waals surface area contributed by atoms with Crippen molar-refractivity contribution in [2.24, 2.45) is 0 Å². The Morgan fingerprint density at radius 2 is 1.77 bits per heavy atom. The SMILES string of the molecule is CCSc1ccccc1C(=O)N[C@@H](CC)c1ccc(C)cc1. The van der Waals surface area contributed by atoms with Crippen LogP contribution in [0.2, 0.25) is 0 Å². The predicted octanol–water partition coefficient (Wildman–Crippen LogP) is 4.99. The summed E-state index contributed by atoms with van der Waals surface area (Å²) in [5.74, 6) is 0.961. The summed E-state index contributed by atoms with van der Waals surface area (Å²) >= 11 is 1.70. The molecule has 0 saturated heterocycles. The summed E-state index contributed by atoms with van der Waals surface area (Å²) in [6.45, 7) is 6.26. The van der Waals surface area contributed by atoms with E-state index in [1.54, 1.807) is 11.8 Å². The third-order valence-corrected chi connectivity index (χ3v) is 4.58. The molecule has 1 atom stereocenters. The molecule has 0 aliphatic rings. The molecule has 0 spiro atoms. The maximum absolute atomic E-state index is 12.6. The lowest BCUT2D eigenvalue weighted by molar-refractivity contribution is 0.0932. The van der Waals surface area contributed by atoms with Gasteiger partial charge in [-0.25, -0.2) is 0 Å². The molecule has 0 aromatic heterocycles. The molecule has 0 heterocycles. The van der Waals surface area contributed by atoms with Gasteiger partial charge in [-0.15, -0.1) is 11.8 Å². The van der Waals surface area contributed by atoms with Crippen LogP contribution in [-0.2, 0) is 0 Å². The van der Waals surface area contributed by atoms with Gasteiger partial charge in [0.2, 0.25) is 0 Å². The van der Waals surface area contributed by atoms with Crippen molar-refractivity contribution in [1.82, 2.24) is 5.32 Å². The van der Waals surface area contributed by atoms with Crippen LogP contribution < -0.4 is 5.32 Å². The lowest BCUT2D eigenvalue weighted by Gasteiger charge is -2.18. The first kappa shape index (κ1) is 16.6. The van der Waals surface area contributed by atoms with Gasteiger partial charge in [-0.2, -0.15) is 0 Å². The van der Waals surface area contributed by atoms with Gasteiger partial charge in [0.15, 0.2) is 0 Å². The monoisotopic (exact) mass is 313 g/mol. The zero-order valence-electron chi connectivity index (χ0n) is 13.4. The average molecular weight is 313 g/mol. The van der Waals surface area contributed by atoms with Crippen LogP contribution in [0.25, 0.3) is 0 Å². The number of aryl methyl sites for hydroxylation is 1. The number of benzene rings is 2. The Morgan fingerprint density at radius 3 is 2.41 bits per heavy atom. The Kier molecular flexibility index (Phi) is 6.08. The Bertz CT molecular complexity index is 622. The molecule has 0 saturated carbocycles. The molecule has 2 rings (SSSR count). The molecule has 116 valence electrons. The lowest BCUT2D eigenvalue weighted by atomic mass is 10.0. The highest BCUT2D eigenvalue weighted by Gasteiger charge is 2.16. The summed E-state index contributed by atoms with van der Waals surface area (Å²) in [4.78, 5) is 13.7. The van der Waals surface area contributed by atoms with Crippen molar-refractivity contribution in [3.63, 3.8) is 0 Å². The minimum atomic E-state index is 0.00368. The molecule has 3 heteroatoms. The van der Waals surface area contributed by atoms with Crippen molar-refractivity contribution in [2.45, 2.75) is 38.1 Å². The average Bonchev–Trinajstić information content (AvgIpc) is 2.54. The van der Waals surface area contributed by atoms with Crippen LogP contribution in [0.3, 0.4) is 0 Å². The highest BCUT2D eigenvalue weighted by Crippen LogP contribution is 2.24. The van der Waals surface area contributed by atoms with Crippen molar-refractivity contribution in [2.75, 3.05) is 5.75 Å². The van der Waals surface area contributed by atoms with Crippen molar-refractivity contribution >= 4 is 17.7 Å². The maximum Gasteiger partial charge on any atom is 0.252 e. The van der Waals surface area contributed by atoms with E-state index in [4.69, 9.17) is 0 Å². The van der Waals surface area contributed by atoms with Crippen molar-refractivity contribution in [3.05, 3.63) is 65.2 Å². The molecule has 0 aliphatic heterocycles. The number of amides is 1. The minimum absolute atomic E-state index is 0.00368. The number of carbonyl (C=O) groups excluding carboxylic acids is 1. The maximum atomic E-state index is 12.6. The zero-order valence-corrected chi connectivity index (χ0v) is 14.2. The number of hydrogen-bond donors (Lipinski definition) is 1. The van der Waals surface area contributed by atoms with E-state index < -0.39 is 0 Å². The Hall–Kier alpha value is -1.74. The van der Waals surface area contributed by atoms with E-state index in [2.05, 4.69) is 50.4 Å². The number of carbonyl (C=O) groups is 1. The minimum Gasteiger partial charge on any atom is -0.345 e. The Labute approximate surface area is 137 Å². The van der Waals surface area contributed by atoms with Gasteiger partial charge in [0.1, 0.15) is 0 Å². The van der Waals surface area contributed by atoms with Gasteiger partial charge in [-0.3, -0.25) is 4.79 Å². The molecule has 0 fully saturated rings. The number of rotatable bonds is 6. The summed E-state index contributed by atoms with van der Waals surface area (Å²) in [7, 11) is 0. The van der Waals surface area contributed by atoms with Crippen LogP contribution >= 0.6 is 11.8 Å². The molecule has 2 nitrogen and oxygen atoms in total. The van der Waals surface area contributed by atoms with Crippen molar-refractivity contribution in [1.29, 1.82) is 0 Å². The first-order valence-electron chi connectivity index (χ1n) is 7.75.